The maximum Gasteiger partial charge on any atom is 0.223 e. The number of hydrogen-bond donors (Lipinski definition) is 0. The van der Waals surface area contributed by atoms with E-state index in [0.29, 0.717) is 23.5 Å². The van der Waals surface area contributed by atoms with Crippen LogP contribution in [0, 0.1) is 12.8 Å². The highest BCUT2D eigenvalue weighted by Crippen LogP contribution is 2.40. The Labute approximate surface area is 133 Å². The van der Waals surface area contributed by atoms with Gasteiger partial charge in [-0.2, -0.15) is 4.98 Å². The first-order chi connectivity index (χ1) is 11.2. The number of ether oxygens (including phenoxy) is 2. The van der Waals surface area contributed by atoms with Gasteiger partial charge in [0, 0.05) is 26.1 Å². The van der Waals surface area contributed by atoms with E-state index in [1.54, 1.807) is 14.0 Å². The summed E-state index contributed by atoms with van der Waals surface area (Å²) in [6, 6.07) is 1.86. The van der Waals surface area contributed by atoms with Gasteiger partial charge in [0.05, 0.1) is 13.2 Å². The highest BCUT2D eigenvalue weighted by Gasteiger charge is 2.41. The van der Waals surface area contributed by atoms with E-state index in [1.807, 2.05) is 6.07 Å². The van der Waals surface area contributed by atoms with E-state index in [-0.39, 0.29) is 12.2 Å². The van der Waals surface area contributed by atoms with Crippen molar-refractivity contribution in [3.63, 3.8) is 0 Å². The first-order valence-electron chi connectivity index (χ1n) is 7.79. The van der Waals surface area contributed by atoms with Crippen LogP contribution in [0.15, 0.2) is 16.9 Å². The molecule has 0 unspecified atom stereocenters. The number of nitrogens with zero attached hydrogens (tertiary/aromatic N) is 5. The Kier molecular flexibility index (Phi) is 3.60. The highest BCUT2D eigenvalue weighted by atomic mass is 16.5. The minimum atomic E-state index is -0.0673. The second-order valence-electron chi connectivity index (χ2n) is 5.98. The summed E-state index contributed by atoms with van der Waals surface area (Å²) >= 11 is 0. The normalized spacial score (nSPS) is 27.0. The van der Waals surface area contributed by atoms with Gasteiger partial charge in [-0.3, -0.25) is 0 Å². The highest BCUT2D eigenvalue weighted by molar-refractivity contribution is 5.41. The Bertz CT molecular complexity index is 691. The molecular weight excluding hydrogens is 298 g/mol. The number of aryl methyl sites for hydroxylation is 1. The summed E-state index contributed by atoms with van der Waals surface area (Å²) in [6.45, 7) is 3.55. The molecule has 3 atom stereocenters. The van der Waals surface area contributed by atoms with Crippen molar-refractivity contribution >= 4 is 5.82 Å². The van der Waals surface area contributed by atoms with Gasteiger partial charge in [0.2, 0.25) is 17.6 Å². The van der Waals surface area contributed by atoms with E-state index in [9.17, 15) is 0 Å². The zero-order valence-electron chi connectivity index (χ0n) is 13.2. The Morgan fingerprint density at radius 2 is 2.26 bits per heavy atom. The number of methoxy groups -OCH3 is 1. The van der Waals surface area contributed by atoms with Crippen LogP contribution in [0.25, 0.3) is 0 Å². The van der Waals surface area contributed by atoms with Crippen molar-refractivity contribution in [1.82, 2.24) is 20.1 Å². The van der Waals surface area contributed by atoms with Crippen molar-refractivity contribution in [3.8, 4) is 5.88 Å². The topological polar surface area (TPSA) is 86.4 Å². The van der Waals surface area contributed by atoms with Crippen LogP contribution in [-0.2, 0) is 4.74 Å². The Balaban J connectivity index is 1.47. The molecule has 0 amide bonds. The molecule has 2 fully saturated rings. The van der Waals surface area contributed by atoms with Gasteiger partial charge < -0.3 is 18.9 Å². The van der Waals surface area contributed by atoms with E-state index in [2.05, 4.69) is 25.0 Å². The van der Waals surface area contributed by atoms with Gasteiger partial charge in [-0.05, 0) is 18.8 Å². The number of hydrogen-bond acceptors (Lipinski definition) is 8. The SMILES string of the molecule is COc1cc(N2CC[C@H]3C[C@H](c4noc(C)n4)O[C@@H]3C2)ncn1. The van der Waals surface area contributed by atoms with Crippen LogP contribution in [-0.4, -0.2) is 46.4 Å². The zero-order chi connectivity index (χ0) is 15.8. The second-order valence-corrected chi connectivity index (χ2v) is 5.98. The smallest absolute Gasteiger partial charge is 0.223 e. The summed E-state index contributed by atoms with van der Waals surface area (Å²) < 4.78 is 16.4. The molecule has 2 aliphatic heterocycles. The molecule has 2 aromatic heterocycles. The van der Waals surface area contributed by atoms with Gasteiger partial charge in [0.1, 0.15) is 18.2 Å². The van der Waals surface area contributed by atoms with Crippen LogP contribution in [0.3, 0.4) is 0 Å². The third-order valence-electron chi connectivity index (χ3n) is 4.54. The molecular formula is C15H19N5O3. The van der Waals surface area contributed by atoms with Crippen molar-refractivity contribution in [1.29, 1.82) is 0 Å². The van der Waals surface area contributed by atoms with Crippen molar-refractivity contribution in [2.24, 2.45) is 5.92 Å². The summed E-state index contributed by atoms with van der Waals surface area (Å²) in [5, 5.41) is 3.99. The van der Waals surface area contributed by atoms with Crippen molar-refractivity contribution in [3.05, 3.63) is 24.1 Å². The van der Waals surface area contributed by atoms with Crippen LogP contribution >= 0.6 is 0 Å². The molecule has 2 aliphatic rings. The second kappa shape index (κ2) is 5.77. The third kappa shape index (κ3) is 2.74. The van der Waals surface area contributed by atoms with E-state index in [0.717, 1.165) is 31.7 Å². The summed E-state index contributed by atoms with van der Waals surface area (Å²) in [5.41, 5.74) is 0. The lowest BCUT2D eigenvalue weighted by Crippen LogP contribution is -2.42. The van der Waals surface area contributed by atoms with Crippen molar-refractivity contribution < 1.29 is 14.0 Å². The standard InChI is InChI=1S/C15H19N5O3/c1-9-18-15(19-23-9)11-5-10-3-4-20(7-12(10)22-11)13-6-14(21-2)17-8-16-13/h6,8,10-12H,3-5,7H2,1-2H3/t10-,11+,12+/m0/s1. The summed E-state index contributed by atoms with van der Waals surface area (Å²) in [4.78, 5) is 14.9. The summed E-state index contributed by atoms with van der Waals surface area (Å²) in [7, 11) is 1.61. The molecule has 0 bridgehead atoms. The molecule has 0 aliphatic carbocycles. The van der Waals surface area contributed by atoms with Gasteiger partial charge in [0.15, 0.2) is 0 Å². The molecule has 0 aromatic carbocycles. The van der Waals surface area contributed by atoms with E-state index >= 15 is 0 Å². The lowest BCUT2D eigenvalue weighted by atomic mass is 9.91. The van der Waals surface area contributed by atoms with Crippen LogP contribution < -0.4 is 9.64 Å². The van der Waals surface area contributed by atoms with Gasteiger partial charge in [-0.1, -0.05) is 5.16 Å². The number of rotatable bonds is 3. The summed E-state index contributed by atoms with van der Waals surface area (Å²) in [5.74, 6) is 3.21. The van der Waals surface area contributed by atoms with Gasteiger partial charge in [-0.25, -0.2) is 9.97 Å². The third-order valence-corrected chi connectivity index (χ3v) is 4.54. The number of aromatic nitrogens is 4. The maximum atomic E-state index is 6.17. The first kappa shape index (κ1) is 14.4. The molecule has 2 aromatic rings. The fourth-order valence-corrected chi connectivity index (χ4v) is 3.36. The quantitative estimate of drug-likeness (QED) is 0.842. The summed E-state index contributed by atoms with van der Waals surface area (Å²) in [6.07, 6.45) is 3.63. The molecule has 0 N–H and O–H groups in total. The Hall–Kier alpha value is -2.22. The fourth-order valence-electron chi connectivity index (χ4n) is 3.36. The minimum absolute atomic E-state index is 0.0673. The van der Waals surface area contributed by atoms with Crippen LogP contribution in [0.2, 0.25) is 0 Å². The van der Waals surface area contributed by atoms with Gasteiger partial charge in [0.25, 0.3) is 0 Å². The average molecular weight is 317 g/mol. The number of fused-ring (bicyclic) bond motifs is 1. The molecule has 0 saturated carbocycles. The van der Waals surface area contributed by atoms with Crippen LogP contribution in [0.5, 0.6) is 5.88 Å². The largest absolute Gasteiger partial charge is 0.481 e. The van der Waals surface area contributed by atoms with E-state index in [1.165, 1.54) is 6.33 Å². The van der Waals surface area contributed by atoms with E-state index < -0.39 is 0 Å². The molecule has 4 heterocycles. The Morgan fingerprint density at radius 3 is 3.04 bits per heavy atom. The Morgan fingerprint density at radius 1 is 1.35 bits per heavy atom. The van der Waals surface area contributed by atoms with Crippen LogP contribution in [0.4, 0.5) is 5.82 Å². The lowest BCUT2D eigenvalue weighted by Gasteiger charge is -2.34. The predicted octanol–water partition coefficient (Wildman–Crippen LogP) is 1.53. The molecule has 8 nitrogen and oxygen atoms in total. The number of anilines is 1. The molecule has 23 heavy (non-hydrogen) atoms. The molecule has 4 rings (SSSR count). The fraction of sp³-hybridized carbons (Fsp3) is 0.600. The molecule has 8 heteroatoms. The molecule has 0 radical (unpaired) electrons. The number of piperidine rings is 1. The van der Waals surface area contributed by atoms with E-state index in [4.69, 9.17) is 14.0 Å². The lowest BCUT2D eigenvalue weighted by molar-refractivity contribution is 0.0266. The average Bonchev–Trinajstić information content (AvgIpc) is 3.20. The van der Waals surface area contributed by atoms with Gasteiger partial charge >= 0.3 is 0 Å². The van der Waals surface area contributed by atoms with Crippen molar-refractivity contribution in [2.75, 3.05) is 25.1 Å². The minimum Gasteiger partial charge on any atom is -0.481 e. The molecule has 2 saturated heterocycles. The maximum absolute atomic E-state index is 6.17. The van der Waals surface area contributed by atoms with Gasteiger partial charge in [-0.15, -0.1) is 0 Å². The first-order valence-corrected chi connectivity index (χ1v) is 7.79. The molecule has 0 spiro atoms. The van der Waals surface area contributed by atoms with Crippen LogP contribution in [0.1, 0.15) is 30.7 Å². The predicted molar refractivity (Wildman–Crippen MR) is 80.2 cm³/mol. The van der Waals surface area contributed by atoms with Crippen molar-refractivity contribution in [2.45, 2.75) is 32.0 Å². The monoisotopic (exact) mass is 317 g/mol. The molecule has 122 valence electrons. The zero-order valence-corrected chi connectivity index (χ0v) is 13.2.